The number of nitrogens with one attached hydrogen (secondary N) is 3. The van der Waals surface area contributed by atoms with Crippen LogP contribution in [0.2, 0.25) is 0 Å². The summed E-state index contributed by atoms with van der Waals surface area (Å²) in [5.74, 6) is 0.546. The molecule has 5 heteroatoms. The normalized spacial score (nSPS) is 18.4. The van der Waals surface area contributed by atoms with Gasteiger partial charge in [0.1, 0.15) is 6.04 Å². The molecule has 3 rings (SSSR count). The first-order chi connectivity index (χ1) is 14.1. The summed E-state index contributed by atoms with van der Waals surface area (Å²) >= 11 is 0. The average Bonchev–Trinajstić information content (AvgIpc) is 2.75. The van der Waals surface area contributed by atoms with Crippen LogP contribution in [-0.2, 0) is 16.0 Å². The van der Waals surface area contributed by atoms with Gasteiger partial charge in [-0.3, -0.25) is 9.59 Å². The minimum absolute atomic E-state index is 0.0628. The molecule has 3 unspecified atom stereocenters. The summed E-state index contributed by atoms with van der Waals surface area (Å²) in [5.41, 5.74) is 1.75. The summed E-state index contributed by atoms with van der Waals surface area (Å²) in [5, 5.41) is 9.32. The highest BCUT2D eigenvalue weighted by molar-refractivity contribution is 5.97. The largest absolute Gasteiger partial charge is 0.344 e. The summed E-state index contributed by atoms with van der Waals surface area (Å²) in [7, 11) is 0. The number of rotatable bonds is 8. The van der Waals surface area contributed by atoms with E-state index < -0.39 is 6.04 Å². The zero-order chi connectivity index (χ0) is 20.5. The molecule has 1 aliphatic heterocycles. The van der Waals surface area contributed by atoms with E-state index in [4.69, 9.17) is 0 Å². The van der Waals surface area contributed by atoms with Crippen molar-refractivity contribution in [3.63, 3.8) is 0 Å². The van der Waals surface area contributed by atoms with Gasteiger partial charge in [-0.25, -0.2) is 0 Å². The molecule has 2 amide bonds. The first-order valence-corrected chi connectivity index (χ1v) is 10.5. The van der Waals surface area contributed by atoms with Gasteiger partial charge in [-0.2, -0.15) is 0 Å². The lowest BCUT2D eigenvalue weighted by molar-refractivity contribution is -0.127. The van der Waals surface area contributed by atoms with Gasteiger partial charge in [-0.15, -0.1) is 0 Å². The van der Waals surface area contributed by atoms with Crippen molar-refractivity contribution in [2.45, 2.75) is 38.6 Å². The zero-order valence-electron chi connectivity index (χ0n) is 17.1. The number of carbonyl (C=O) groups is 2. The Morgan fingerprint density at radius 3 is 2.41 bits per heavy atom. The van der Waals surface area contributed by atoms with Gasteiger partial charge in [-0.05, 0) is 55.5 Å². The van der Waals surface area contributed by atoms with E-state index in [1.54, 1.807) is 0 Å². The SMILES string of the molecule is CC(CC(=O)NC(Cc1ccccc1)C(=O)Nc1ccccc1)C1CCCNC1. The summed E-state index contributed by atoms with van der Waals surface area (Å²) in [4.78, 5) is 25.6. The van der Waals surface area contributed by atoms with Gasteiger partial charge in [0.2, 0.25) is 11.8 Å². The zero-order valence-corrected chi connectivity index (χ0v) is 17.1. The molecule has 0 radical (unpaired) electrons. The van der Waals surface area contributed by atoms with Crippen LogP contribution in [0.3, 0.4) is 0 Å². The van der Waals surface area contributed by atoms with Crippen LogP contribution in [0.5, 0.6) is 0 Å². The van der Waals surface area contributed by atoms with Crippen LogP contribution in [0.15, 0.2) is 60.7 Å². The number of benzene rings is 2. The Hall–Kier alpha value is -2.66. The van der Waals surface area contributed by atoms with Crippen molar-refractivity contribution in [3.8, 4) is 0 Å². The number of hydrogen-bond acceptors (Lipinski definition) is 3. The van der Waals surface area contributed by atoms with Gasteiger partial charge in [0.05, 0.1) is 0 Å². The average molecular weight is 394 g/mol. The summed E-state index contributed by atoms with van der Waals surface area (Å²) in [6.45, 7) is 4.16. The third-order valence-corrected chi connectivity index (χ3v) is 5.62. The Labute approximate surface area is 173 Å². The Kier molecular flexibility index (Phi) is 7.82. The standard InChI is InChI=1S/C24H31N3O2/c1-18(20-11-8-14-25-17-20)15-23(28)27-22(16-19-9-4-2-5-10-19)24(29)26-21-12-6-3-7-13-21/h2-7,9-10,12-13,18,20,22,25H,8,11,14-17H2,1H3,(H,26,29)(H,27,28). The van der Waals surface area contributed by atoms with Crippen LogP contribution < -0.4 is 16.0 Å². The lowest BCUT2D eigenvalue weighted by Crippen LogP contribution is -2.46. The predicted molar refractivity (Wildman–Crippen MR) is 117 cm³/mol. The Morgan fingerprint density at radius 2 is 1.76 bits per heavy atom. The van der Waals surface area contributed by atoms with E-state index in [1.165, 1.54) is 0 Å². The first kappa shape index (κ1) is 21.1. The van der Waals surface area contributed by atoms with E-state index in [0.29, 0.717) is 18.8 Å². The van der Waals surface area contributed by atoms with Crippen LogP contribution in [0.4, 0.5) is 5.69 Å². The third-order valence-electron chi connectivity index (χ3n) is 5.62. The maximum atomic E-state index is 12.9. The molecule has 0 bridgehead atoms. The van der Waals surface area contributed by atoms with Crippen LogP contribution in [-0.4, -0.2) is 30.9 Å². The second kappa shape index (κ2) is 10.8. The number of carbonyl (C=O) groups excluding carboxylic acids is 2. The van der Waals surface area contributed by atoms with Crippen molar-refractivity contribution in [3.05, 3.63) is 66.2 Å². The van der Waals surface area contributed by atoms with Crippen molar-refractivity contribution in [2.24, 2.45) is 11.8 Å². The summed E-state index contributed by atoms with van der Waals surface area (Å²) < 4.78 is 0. The maximum Gasteiger partial charge on any atom is 0.247 e. The fourth-order valence-electron chi connectivity index (χ4n) is 3.89. The van der Waals surface area contributed by atoms with Crippen molar-refractivity contribution in [1.29, 1.82) is 0 Å². The smallest absolute Gasteiger partial charge is 0.247 e. The fourth-order valence-corrected chi connectivity index (χ4v) is 3.89. The highest BCUT2D eigenvalue weighted by Gasteiger charge is 2.25. The van der Waals surface area contributed by atoms with Crippen LogP contribution in [0.1, 0.15) is 31.7 Å². The Bertz CT molecular complexity index is 773. The number of amides is 2. The predicted octanol–water partition coefficient (Wildman–Crippen LogP) is 3.38. The minimum atomic E-state index is -0.609. The molecule has 0 saturated carbocycles. The molecule has 29 heavy (non-hydrogen) atoms. The van der Waals surface area contributed by atoms with Gasteiger partial charge in [0.15, 0.2) is 0 Å². The molecule has 1 fully saturated rings. The second-order valence-electron chi connectivity index (χ2n) is 7.95. The van der Waals surface area contributed by atoms with Crippen molar-refractivity contribution < 1.29 is 9.59 Å². The Balaban J connectivity index is 1.63. The Morgan fingerprint density at radius 1 is 1.07 bits per heavy atom. The number of para-hydroxylation sites is 1. The molecule has 3 N–H and O–H groups in total. The summed E-state index contributed by atoms with van der Waals surface area (Å²) in [6.07, 6.45) is 3.22. The van der Waals surface area contributed by atoms with Gasteiger partial charge in [0, 0.05) is 18.5 Å². The molecule has 2 aromatic carbocycles. The molecule has 3 atom stereocenters. The molecule has 0 aliphatic carbocycles. The van der Waals surface area contributed by atoms with Gasteiger partial charge >= 0.3 is 0 Å². The topological polar surface area (TPSA) is 70.2 Å². The van der Waals surface area contributed by atoms with Crippen molar-refractivity contribution in [2.75, 3.05) is 18.4 Å². The van der Waals surface area contributed by atoms with E-state index in [0.717, 1.165) is 37.2 Å². The van der Waals surface area contributed by atoms with Crippen molar-refractivity contribution in [1.82, 2.24) is 10.6 Å². The van der Waals surface area contributed by atoms with E-state index in [1.807, 2.05) is 60.7 Å². The molecular weight excluding hydrogens is 362 g/mol. The van der Waals surface area contributed by atoms with Crippen molar-refractivity contribution >= 4 is 17.5 Å². The fraction of sp³-hybridized carbons (Fsp3) is 0.417. The molecule has 154 valence electrons. The van der Waals surface area contributed by atoms with E-state index >= 15 is 0 Å². The van der Waals surface area contributed by atoms with Gasteiger partial charge in [-0.1, -0.05) is 55.5 Å². The van der Waals surface area contributed by atoms with E-state index in [-0.39, 0.29) is 17.7 Å². The second-order valence-corrected chi connectivity index (χ2v) is 7.95. The van der Waals surface area contributed by atoms with Crippen LogP contribution in [0.25, 0.3) is 0 Å². The van der Waals surface area contributed by atoms with Gasteiger partial charge in [0.25, 0.3) is 0 Å². The number of hydrogen-bond donors (Lipinski definition) is 3. The molecule has 1 heterocycles. The summed E-state index contributed by atoms with van der Waals surface area (Å²) in [6, 6.07) is 18.5. The first-order valence-electron chi connectivity index (χ1n) is 10.5. The van der Waals surface area contributed by atoms with E-state index in [9.17, 15) is 9.59 Å². The van der Waals surface area contributed by atoms with E-state index in [2.05, 4.69) is 22.9 Å². The quantitative estimate of drug-likeness (QED) is 0.644. The minimum Gasteiger partial charge on any atom is -0.344 e. The molecule has 0 spiro atoms. The maximum absolute atomic E-state index is 12.9. The monoisotopic (exact) mass is 393 g/mol. The van der Waals surface area contributed by atoms with Gasteiger partial charge < -0.3 is 16.0 Å². The number of piperidine rings is 1. The van der Waals surface area contributed by atoms with Crippen LogP contribution >= 0.6 is 0 Å². The lowest BCUT2D eigenvalue weighted by atomic mass is 9.85. The molecule has 5 nitrogen and oxygen atoms in total. The molecule has 1 aliphatic rings. The number of anilines is 1. The highest BCUT2D eigenvalue weighted by atomic mass is 16.2. The molecule has 1 saturated heterocycles. The van der Waals surface area contributed by atoms with Crippen LogP contribution in [0, 0.1) is 11.8 Å². The highest BCUT2D eigenvalue weighted by Crippen LogP contribution is 2.22. The molecular formula is C24H31N3O2. The molecule has 2 aromatic rings. The molecule has 0 aromatic heterocycles. The third kappa shape index (κ3) is 6.71. The lowest BCUT2D eigenvalue weighted by Gasteiger charge is -2.28.